The highest BCUT2D eigenvalue weighted by atomic mass is 79.9. The molecule has 1 aromatic carbocycles. The number of nitrogens with zero attached hydrogens (tertiary/aromatic N) is 1. The third kappa shape index (κ3) is 2.82. The van der Waals surface area contributed by atoms with Crippen LogP contribution in [0, 0.1) is 10.4 Å². The predicted molar refractivity (Wildman–Crippen MR) is 82.2 cm³/mol. The molecule has 0 spiro atoms. The third-order valence-corrected chi connectivity index (χ3v) is 3.55. The number of hydrogen-bond donors (Lipinski definition) is 0. The summed E-state index contributed by atoms with van der Waals surface area (Å²) in [6, 6.07) is 11.7. The first kappa shape index (κ1) is 14.1. The minimum Gasteiger partial charge on any atom is -0.443 e. The number of rotatable bonds is 0. The molecular weight excluding hydrogens is 326 g/mol. The highest BCUT2D eigenvalue weighted by molar-refractivity contribution is 9.10. The molecule has 2 aliphatic rings. The Kier molecular flexibility index (Phi) is 4.61. The lowest BCUT2D eigenvalue weighted by molar-refractivity contribution is 0.602. The fourth-order valence-electron chi connectivity index (χ4n) is 1.61. The lowest BCUT2D eigenvalue weighted by Gasteiger charge is -2.06. The van der Waals surface area contributed by atoms with Gasteiger partial charge in [-0.2, -0.15) is 0 Å². The summed E-state index contributed by atoms with van der Waals surface area (Å²) in [6.45, 7) is 4.00. The van der Waals surface area contributed by atoms with Gasteiger partial charge in [-0.3, -0.25) is 0 Å². The molecule has 2 aromatic rings. The smallest absolute Gasteiger partial charge is 0.181 e. The van der Waals surface area contributed by atoms with Gasteiger partial charge in [0.15, 0.2) is 12.0 Å². The Morgan fingerprint density at radius 2 is 1.84 bits per heavy atom. The zero-order chi connectivity index (χ0) is 13.8. The molecule has 2 nitrogen and oxygen atoms in total. The molecular formula is C15H13BrClNO. The van der Waals surface area contributed by atoms with Gasteiger partial charge in [0.05, 0.1) is 0 Å². The number of para-hydroxylation sites is 2. The monoisotopic (exact) mass is 337 g/mol. The molecule has 19 heavy (non-hydrogen) atoms. The lowest BCUT2D eigenvalue weighted by Crippen LogP contribution is -1.88. The number of fused-ring (bicyclic) bond motifs is 1. The SMILES string of the molecule is CC.Clc1cc2c(Br)cc1=2.c1ccc2ocnc2c1. The fraction of sp³-hybridized carbons (Fsp3) is 0.133. The van der Waals surface area contributed by atoms with Crippen molar-refractivity contribution in [3.05, 3.63) is 62.7 Å². The number of aromatic nitrogens is 1. The number of benzene rings is 2. The molecule has 0 aliphatic heterocycles. The topological polar surface area (TPSA) is 26.0 Å². The largest absolute Gasteiger partial charge is 0.443 e. The van der Waals surface area contributed by atoms with Gasteiger partial charge in [-0.15, -0.1) is 0 Å². The van der Waals surface area contributed by atoms with Crippen LogP contribution in [0.2, 0.25) is 5.02 Å². The number of oxazole rings is 1. The minimum absolute atomic E-state index is 0.845. The van der Waals surface area contributed by atoms with E-state index >= 15 is 0 Å². The molecule has 0 atom stereocenters. The summed E-state index contributed by atoms with van der Waals surface area (Å²) >= 11 is 8.99. The van der Waals surface area contributed by atoms with Crippen LogP contribution in [0.15, 0.2) is 51.7 Å². The van der Waals surface area contributed by atoms with Crippen molar-refractivity contribution < 1.29 is 4.42 Å². The molecule has 0 saturated heterocycles. The summed E-state index contributed by atoms with van der Waals surface area (Å²) in [5.74, 6) is 0. The third-order valence-electron chi connectivity index (χ3n) is 2.58. The van der Waals surface area contributed by atoms with E-state index in [0.717, 1.165) is 16.1 Å². The van der Waals surface area contributed by atoms with Gasteiger partial charge in [-0.05, 0) is 29.5 Å². The summed E-state index contributed by atoms with van der Waals surface area (Å²) in [4.78, 5) is 3.95. The van der Waals surface area contributed by atoms with Crippen molar-refractivity contribution in [2.75, 3.05) is 0 Å². The van der Waals surface area contributed by atoms with Gasteiger partial charge in [0, 0.05) is 14.7 Å². The van der Waals surface area contributed by atoms with E-state index in [2.05, 4.69) is 20.9 Å². The number of halogens is 2. The van der Waals surface area contributed by atoms with Crippen molar-refractivity contribution in [3.63, 3.8) is 0 Å². The van der Waals surface area contributed by atoms with Gasteiger partial charge >= 0.3 is 0 Å². The van der Waals surface area contributed by atoms with E-state index in [1.807, 2.05) is 50.2 Å². The van der Waals surface area contributed by atoms with Crippen molar-refractivity contribution in [3.8, 4) is 0 Å². The molecule has 1 heterocycles. The normalized spacial score (nSPS) is 10.1. The summed E-state index contributed by atoms with van der Waals surface area (Å²) in [6.07, 6.45) is 1.45. The average Bonchev–Trinajstić information content (AvgIpc) is 2.93. The van der Waals surface area contributed by atoms with Crippen LogP contribution in [-0.2, 0) is 0 Å². The molecule has 4 heteroatoms. The van der Waals surface area contributed by atoms with E-state index in [4.69, 9.17) is 16.0 Å². The van der Waals surface area contributed by atoms with Crippen LogP contribution in [0.25, 0.3) is 11.1 Å². The number of hydrogen-bond acceptors (Lipinski definition) is 2. The standard InChI is InChI=1S/C7H5NO.C6H2BrCl.C2H6/c1-2-4-7-6(3-1)8-5-9-7;7-5-1-4-3(5)2-6(4)8;1-2/h1-5H;1-2H;1-2H3. The molecule has 0 unspecified atom stereocenters. The highest BCUT2D eigenvalue weighted by Gasteiger charge is 2.07. The Hall–Kier alpha value is -1.32. The van der Waals surface area contributed by atoms with Gasteiger partial charge in [0.2, 0.25) is 0 Å². The van der Waals surface area contributed by atoms with E-state index in [1.54, 1.807) is 0 Å². The van der Waals surface area contributed by atoms with Gasteiger partial charge in [0.25, 0.3) is 0 Å². The maximum absolute atomic E-state index is 5.65. The molecule has 4 rings (SSSR count). The first-order chi connectivity index (χ1) is 9.25. The van der Waals surface area contributed by atoms with Crippen LogP contribution >= 0.6 is 27.5 Å². The molecule has 0 saturated carbocycles. The van der Waals surface area contributed by atoms with E-state index in [9.17, 15) is 0 Å². The van der Waals surface area contributed by atoms with Gasteiger partial charge < -0.3 is 4.42 Å². The Morgan fingerprint density at radius 1 is 1.11 bits per heavy atom. The molecule has 0 amide bonds. The van der Waals surface area contributed by atoms with Gasteiger partial charge in [0.1, 0.15) is 5.52 Å². The van der Waals surface area contributed by atoms with E-state index in [-0.39, 0.29) is 0 Å². The Balaban J connectivity index is 0.000000125. The van der Waals surface area contributed by atoms with E-state index < -0.39 is 0 Å². The lowest BCUT2D eigenvalue weighted by atomic mass is 10.1. The summed E-state index contributed by atoms with van der Waals surface area (Å²) in [7, 11) is 0. The van der Waals surface area contributed by atoms with Crippen LogP contribution in [-0.4, -0.2) is 4.98 Å². The molecule has 0 fully saturated rings. The van der Waals surface area contributed by atoms with E-state index in [1.165, 1.54) is 21.3 Å². The molecule has 1 aromatic heterocycles. The quantitative estimate of drug-likeness (QED) is 0.420. The summed E-state index contributed by atoms with van der Waals surface area (Å²) in [5, 5.41) is 3.37. The maximum Gasteiger partial charge on any atom is 0.181 e. The van der Waals surface area contributed by atoms with Crippen molar-refractivity contribution in [1.82, 2.24) is 4.98 Å². The van der Waals surface area contributed by atoms with Crippen LogP contribution in [0.5, 0.6) is 0 Å². The minimum atomic E-state index is 0.845. The van der Waals surface area contributed by atoms with Crippen molar-refractivity contribution >= 4 is 38.6 Å². The maximum atomic E-state index is 5.65. The van der Waals surface area contributed by atoms with Crippen molar-refractivity contribution in [2.45, 2.75) is 13.8 Å². The van der Waals surface area contributed by atoms with Gasteiger partial charge in [-0.1, -0.05) is 53.5 Å². The zero-order valence-corrected chi connectivity index (χ0v) is 13.0. The molecule has 2 aliphatic carbocycles. The Labute approximate surface area is 124 Å². The second-order valence-electron chi connectivity index (χ2n) is 3.63. The second-order valence-corrected chi connectivity index (χ2v) is 4.89. The fourth-order valence-corrected chi connectivity index (χ4v) is 2.43. The van der Waals surface area contributed by atoms with Crippen LogP contribution in [0.3, 0.4) is 0 Å². The van der Waals surface area contributed by atoms with Crippen LogP contribution < -0.4 is 0 Å². The molecule has 98 valence electrons. The Morgan fingerprint density at radius 3 is 2.32 bits per heavy atom. The Bertz CT molecular complexity index is 718. The van der Waals surface area contributed by atoms with Gasteiger partial charge in [-0.25, -0.2) is 4.98 Å². The first-order valence-corrected chi connectivity index (χ1v) is 7.20. The summed E-state index contributed by atoms with van der Waals surface area (Å²) in [5.41, 5.74) is 1.76. The molecule has 0 radical (unpaired) electrons. The summed E-state index contributed by atoms with van der Waals surface area (Å²) < 4.78 is 6.18. The predicted octanol–water partition coefficient (Wildman–Crippen LogP) is 5.56. The van der Waals surface area contributed by atoms with E-state index in [0.29, 0.717) is 0 Å². The van der Waals surface area contributed by atoms with Crippen molar-refractivity contribution in [1.29, 1.82) is 0 Å². The average molecular weight is 339 g/mol. The highest BCUT2D eigenvalue weighted by Crippen LogP contribution is 2.29. The van der Waals surface area contributed by atoms with Crippen LogP contribution in [0.4, 0.5) is 0 Å². The van der Waals surface area contributed by atoms with Crippen molar-refractivity contribution in [2.24, 2.45) is 0 Å². The molecule has 0 N–H and O–H groups in total. The van der Waals surface area contributed by atoms with Crippen LogP contribution in [0.1, 0.15) is 13.8 Å². The zero-order valence-electron chi connectivity index (χ0n) is 10.7. The first-order valence-electron chi connectivity index (χ1n) is 6.03. The second kappa shape index (κ2) is 6.22. The molecule has 0 bridgehead atoms.